The standard InChI is InChI=1S/C22H44NO7P/c1-3-4-5-6-7-8-9-10-11-12-13-14-15-16-17-18-21(24)23-20(22(25)29-2)19-30-31(26,27)28/h10-11,20,26-28,31H,3-9,12-19H2,1-2H3,(H,23,24)/b11-10-. The van der Waals surface area contributed by atoms with Crippen molar-refractivity contribution in [2.45, 2.75) is 103 Å². The van der Waals surface area contributed by atoms with E-state index in [4.69, 9.17) is 14.7 Å². The van der Waals surface area contributed by atoms with Gasteiger partial charge in [-0.2, -0.15) is 0 Å². The molecule has 1 amide bonds. The van der Waals surface area contributed by atoms with Crippen molar-refractivity contribution >= 4 is 20.0 Å². The number of esters is 1. The summed E-state index contributed by atoms with van der Waals surface area (Å²) in [6, 6.07) is -1.20. The van der Waals surface area contributed by atoms with E-state index in [1.165, 1.54) is 44.9 Å². The monoisotopic (exact) mass is 465 g/mol. The van der Waals surface area contributed by atoms with Gasteiger partial charge in [-0.3, -0.25) is 0 Å². The Labute approximate surface area is 188 Å². The molecule has 0 saturated heterocycles. The molecule has 0 saturated carbocycles. The van der Waals surface area contributed by atoms with Gasteiger partial charge >= 0.3 is 124 Å². The van der Waals surface area contributed by atoms with Gasteiger partial charge in [-0.05, 0) is 12.8 Å². The molecule has 8 nitrogen and oxygen atoms in total. The number of ether oxygens (including phenoxy) is 1. The van der Waals surface area contributed by atoms with E-state index in [1.807, 2.05) is 0 Å². The molecule has 184 valence electrons. The van der Waals surface area contributed by atoms with Gasteiger partial charge in [0.15, 0.2) is 0 Å². The number of carbonyl (C=O) groups excluding carboxylic acids is 2. The van der Waals surface area contributed by atoms with Crippen LogP contribution >= 0.6 is 8.17 Å². The van der Waals surface area contributed by atoms with Gasteiger partial charge in [0.05, 0.1) is 0 Å². The van der Waals surface area contributed by atoms with Crippen LogP contribution in [-0.4, -0.2) is 46.3 Å². The molecule has 0 aromatic rings. The summed E-state index contributed by atoms with van der Waals surface area (Å²) in [6.07, 6.45) is 20.0. The van der Waals surface area contributed by atoms with Gasteiger partial charge in [0, 0.05) is 0 Å². The Morgan fingerprint density at radius 2 is 1.39 bits per heavy atom. The van der Waals surface area contributed by atoms with Crippen molar-refractivity contribution < 1.29 is 33.5 Å². The molecule has 0 radical (unpaired) electrons. The predicted molar refractivity (Wildman–Crippen MR) is 124 cm³/mol. The number of nitrogens with one attached hydrogen (secondary N) is 1. The van der Waals surface area contributed by atoms with E-state index in [-0.39, 0.29) is 12.3 Å². The van der Waals surface area contributed by atoms with Crippen molar-refractivity contribution in [2.24, 2.45) is 0 Å². The molecular formula is C22H44NO7P. The van der Waals surface area contributed by atoms with Crippen molar-refractivity contribution in [3.63, 3.8) is 0 Å². The van der Waals surface area contributed by atoms with Gasteiger partial charge in [0.25, 0.3) is 0 Å². The molecule has 1 atom stereocenters. The molecule has 0 heterocycles. The molecule has 0 aromatic heterocycles. The summed E-state index contributed by atoms with van der Waals surface area (Å²) in [5.74, 6) is -1.13. The summed E-state index contributed by atoms with van der Waals surface area (Å²) >= 11 is 0. The Morgan fingerprint density at radius 1 is 0.871 bits per heavy atom. The zero-order valence-corrected chi connectivity index (χ0v) is 20.3. The first kappa shape index (κ1) is 29.9. The zero-order valence-electron chi connectivity index (χ0n) is 19.3. The van der Waals surface area contributed by atoms with Crippen LogP contribution in [0, 0.1) is 0 Å². The SMILES string of the molecule is CCCCCCCC/C=C\CCCCCCCC(=O)NC(CO[PH](O)(O)O)C(=O)OC. The van der Waals surface area contributed by atoms with E-state index in [1.54, 1.807) is 0 Å². The van der Waals surface area contributed by atoms with Gasteiger partial charge in [-0.25, -0.2) is 0 Å². The molecule has 0 aliphatic carbocycles. The molecule has 0 rings (SSSR count). The first-order chi connectivity index (χ1) is 14.8. The summed E-state index contributed by atoms with van der Waals surface area (Å²) in [6.45, 7) is 1.67. The molecule has 0 aromatic carbocycles. The first-order valence-corrected chi connectivity index (χ1v) is 13.4. The second-order valence-electron chi connectivity index (χ2n) is 7.86. The van der Waals surface area contributed by atoms with E-state index in [0.29, 0.717) is 6.42 Å². The van der Waals surface area contributed by atoms with E-state index in [0.717, 1.165) is 39.2 Å². The second kappa shape index (κ2) is 19.6. The number of methoxy groups -OCH3 is 1. The van der Waals surface area contributed by atoms with Gasteiger partial charge < -0.3 is 0 Å². The molecule has 4 N–H and O–H groups in total. The summed E-state index contributed by atoms with van der Waals surface area (Å²) in [4.78, 5) is 50.2. The number of unbranched alkanes of at least 4 members (excludes halogenated alkanes) is 11. The third-order valence-electron chi connectivity index (χ3n) is 4.93. The number of hydrogen-bond donors (Lipinski definition) is 4. The normalized spacial score (nSPS) is 13.3. The first-order valence-electron chi connectivity index (χ1n) is 11.6. The molecule has 0 aliphatic heterocycles. The second-order valence-corrected chi connectivity index (χ2v) is 9.30. The third kappa shape index (κ3) is 20.6. The van der Waals surface area contributed by atoms with Gasteiger partial charge in [0.1, 0.15) is 0 Å². The van der Waals surface area contributed by atoms with Crippen molar-refractivity contribution in [1.29, 1.82) is 0 Å². The molecule has 31 heavy (non-hydrogen) atoms. The van der Waals surface area contributed by atoms with Crippen molar-refractivity contribution in [3.05, 3.63) is 12.2 Å². The fourth-order valence-electron chi connectivity index (χ4n) is 3.13. The fourth-order valence-corrected chi connectivity index (χ4v) is 3.52. The van der Waals surface area contributed by atoms with Crippen LogP contribution < -0.4 is 5.32 Å². The van der Waals surface area contributed by atoms with Gasteiger partial charge in [-0.1, -0.05) is 51.2 Å². The molecule has 0 bridgehead atoms. The summed E-state index contributed by atoms with van der Waals surface area (Å²) in [5, 5.41) is 2.43. The van der Waals surface area contributed by atoms with Crippen molar-refractivity contribution in [1.82, 2.24) is 5.32 Å². The van der Waals surface area contributed by atoms with Crippen LogP contribution in [0.4, 0.5) is 0 Å². The van der Waals surface area contributed by atoms with Crippen LogP contribution in [0.15, 0.2) is 12.2 Å². The number of carbonyl (C=O) groups is 2. The van der Waals surface area contributed by atoms with Crippen LogP contribution in [0.5, 0.6) is 0 Å². The molecule has 1 unspecified atom stereocenters. The molecule has 9 heteroatoms. The average molecular weight is 466 g/mol. The Morgan fingerprint density at radius 3 is 1.90 bits per heavy atom. The molecular weight excluding hydrogens is 421 g/mol. The molecule has 0 aliphatic rings. The average Bonchev–Trinajstić information content (AvgIpc) is 2.72. The number of rotatable bonds is 20. The zero-order chi connectivity index (χ0) is 23.4. The fraction of sp³-hybridized carbons (Fsp3) is 0.818. The maximum atomic E-state index is 12.0. The van der Waals surface area contributed by atoms with Gasteiger partial charge in [-0.15, -0.1) is 0 Å². The third-order valence-corrected chi connectivity index (χ3v) is 5.48. The Bertz CT molecular complexity index is 495. The van der Waals surface area contributed by atoms with Crippen molar-refractivity contribution in [3.8, 4) is 0 Å². The van der Waals surface area contributed by atoms with Crippen LogP contribution in [0.1, 0.15) is 96.8 Å². The summed E-state index contributed by atoms with van der Waals surface area (Å²) < 4.78 is 8.97. The quantitative estimate of drug-likeness (QED) is 0.0924. The van der Waals surface area contributed by atoms with E-state index < -0.39 is 26.8 Å². The van der Waals surface area contributed by atoms with E-state index in [2.05, 4.69) is 33.7 Å². The number of amides is 1. The van der Waals surface area contributed by atoms with Crippen molar-refractivity contribution in [2.75, 3.05) is 13.7 Å². The Kier molecular flexibility index (Phi) is 19.0. The van der Waals surface area contributed by atoms with E-state index in [9.17, 15) is 9.59 Å². The van der Waals surface area contributed by atoms with Crippen LogP contribution in [0.25, 0.3) is 0 Å². The number of hydrogen-bond acceptors (Lipinski definition) is 7. The topological polar surface area (TPSA) is 125 Å². The summed E-state index contributed by atoms with van der Waals surface area (Å²) in [7, 11) is -3.61. The van der Waals surface area contributed by atoms with Crippen LogP contribution in [0.3, 0.4) is 0 Å². The minimum atomic E-state index is -4.76. The molecule has 0 fully saturated rings. The van der Waals surface area contributed by atoms with Crippen LogP contribution in [0.2, 0.25) is 0 Å². The maximum absolute atomic E-state index is 12.0. The van der Waals surface area contributed by atoms with Gasteiger partial charge in [0.2, 0.25) is 0 Å². The molecule has 0 spiro atoms. The number of allylic oxidation sites excluding steroid dienone is 2. The Balaban J connectivity index is 3.71. The summed E-state index contributed by atoms with van der Waals surface area (Å²) in [5.41, 5.74) is 0. The minimum absolute atomic E-state index is 0.256. The van der Waals surface area contributed by atoms with E-state index >= 15 is 0 Å². The Hall–Kier alpha value is -1.05. The predicted octanol–water partition coefficient (Wildman–Crippen LogP) is 4.09. The van der Waals surface area contributed by atoms with Crippen LogP contribution in [-0.2, 0) is 18.8 Å².